The fraction of sp³-hybridized carbons (Fsp3) is 0.333. The molecule has 2 aromatic rings. The van der Waals surface area contributed by atoms with Gasteiger partial charge < -0.3 is 5.32 Å². The maximum atomic E-state index is 6.43. The molecule has 2 rings (SSSR count). The third-order valence-corrected chi connectivity index (χ3v) is 5.50. The molecule has 0 aliphatic heterocycles. The van der Waals surface area contributed by atoms with E-state index < -0.39 is 0 Å². The molecule has 0 fully saturated rings. The zero-order valence-electron chi connectivity index (χ0n) is 11.3. The van der Waals surface area contributed by atoms with Gasteiger partial charge in [0.05, 0.1) is 9.83 Å². The van der Waals surface area contributed by atoms with Crippen molar-refractivity contribution in [2.75, 3.05) is 6.54 Å². The van der Waals surface area contributed by atoms with E-state index in [-0.39, 0.29) is 6.04 Å². The van der Waals surface area contributed by atoms with Crippen LogP contribution < -0.4 is 5.32 Å². The van der Waals surface area contributed by atoms with Crippen LogP contribution in [0.4, 0.5) is 0 Å². The lowest BCUT2D eigenvalue weighted by Crippen LogP contribution is -2.23. The van der Waals surface area contributed by atoms with Crippen LogP contribution in [0.25, 0.3) is 0 Å². The Morgan fingerprint density at radius 1 is 1.25 bits per heavy atom. The predicted octanol–water partition coefficient (Wildman–Crippen LogP) is 6.32. The first kappa shape index (κ1) is 16.5. The summed E-state index contributed by atoms with van der Waals surface area (Å²) in [6.07, 6.45) is 1.09. The molecule has 0 spiro atoms. The Morgan fingerprint density at radius 2 is 2.00 bits per heavy atom. The largest absolute Gasteiger partial charge is 0.306 e. The molecule has 0 amide bonds. The van der Waals surface area contributed by atoms with Crippen LogP contribution in [-0.2, 0) is 0 Å². The standard InChI is InChI=1S/C15H16Br2ClNS/c1-3-6-19-15(12-8-14(17)20-9(12)2)11-5-4-10(16)7-13(11)18/h4-5,7-8,15,19H,3,6H2,1-2H3. The van der Waals surface area contributed by atoms with Crippen molar-refractivity contribution in [1.29, 1.82) is 0 Å². The van der Waals surface area contributed by atoms with Gasteiger partial charge in [-0.3, -0.25) is 0 Å². The number of aryl methyl sites for hydroxylation is 1. The molecule has 108 valence electrons. The summed E-state index contributed by atoms with van der Waals surface area (Å²) in [6, 6.07) is 8.40. The molecule has 20 heavy (non-hydrogen) atoms. The molecule has 5 heteroatoms. The molecule has 1 unspecified atom stereocenters. The lowest BCUT2D eigenvalue weighted by atomic mass is 9.99. The summed E-state index contributed by atoms with van der Waals surface area (Å²) in [4.78, 5) is 1.31. The molecule has 1 nitrogen and oxygen atoms in total. The number of hydrogen-bond donors (Lipinski definition) is 1. The molecule has 0 radical (unpaired) electrons. The van der Waals surface area contributed by atoms with Crippen LogP contribution in [0, 0.1) is 6.92 Å². The van der Waals surface area contributed by atoms with Crippen molar-refractivity contribution in [3.05, 3.63) is 53.6 Å². The van der Waals surface area contributed by atoms with Crippen molar-refractivity contribution in [2.24, 2.45) is 0 Å². The van der Waals surface area contributed by atoms with E-state index in [1.54, 1.807) is 11.3 Å². The zero-order chi connectivity index (χ0) is 14.7. The van der Waals surface area contributed by atoms with E-state index in [4.69, 9.17) is 11.6 Å². The quantitative estimate of drug-likeness (QED) is 0.577. The highest BCUT2D eigenvalue weighted by Gasteiger charge is 2.20. The van der Waals surface area contributed by atoms with E-state index in [0.717, 1.165) is 31.8 Å². The summed E-state index contributed by atoms with van der Waals surface area (Å²) < 4.78 is 2.16. The van der Waals surface area contributed by atoms with Gasteiger partial charge in [0.2, 0.25) is 0 Å². The summed E-state index contributed by atoms with van der Waals surface area (Å²) in [5.74, 6) is 0. The minimum atomic E-state index is 0.137. The molecule has 0 aliphatic carbocycles. The van der Waals surface area contributed by atoms with Crippen molar-refractivity contribution in [2.45, 2.75) is 26.3 Å². The molecule has 1 N–H and O–H groups in total. The molecule has 1 aromatic heterocycles. The summed E-state index contributed by atoms with van der Waals surface area (Å²) >= 11 is 15.2. The maximum Gasteiger partial charge on any atom is 0.0704 e. The van der Waals surface area contributed by atoms with Gasteiger partial charge in [-0.2, -0.15) is 0 Å². The minimum Gasteiger partial charge on any atom is -0.306 e. The van der Waals surface area contributed by atoms with Crippen LogP contribution in [0.2, 0.25) is 5.02 Å². The van der Waals surface area contributed by atoms with E-state index in [1.807, 2.05) is 12.1 Å². The third kappa shape index (κ3) is 3.86. The Bertz CT molecular complexity index is 598. The second-order valence-corrected chi connectivity index (χ2v) is 8.57. The maximum absolute atomic E-state index is 6.43. The summed E-state index contributed by atoms with van der Waals surface area (Å²) in [5, 5.41) is 4.39. The van der Waals surface area contributed by atoms with Gasteiger partial charge in [0, 0.05) is 14.4 Å². The van der Waals surface area contributed by atoms with E-state index in [2.05, 4.69) is 63.2 Å². The topological polar surface area (TPSA) is 12.0 Å². The molecule has 0 bridgehead atoms. The minimum absolute atomic E-state index is 0.137. The molecular formula is C15H16Br2ClNS. The first-order chi connectivity index (χ1) is 9.52. The predicted molar refractivity (Wildman–Crippen MR) is 96.0 cm³/mol. The Morgan fingerprint density at radius 3 is 2.55 bits per heavy atom. The number of halogens is 3. The van der Waals surface area contributed by atoms with Crippen molar-refractivity contribution < 1.29 is 0 Å². The number of thiophene rings is 1. The van der Waals surface area contributed by atoms with Gasteiger partial charge in [-0.05, 0) is 65.1 Å². The monoisotopic (exact) mass is 435 g/mol. The number of benzene rings is 1. The van der Waals surface area contributed by atoms with Gasteiger partial charge in [-0.25, -0.2) is 0 Å². The number of nitrogens with one attached hydrogen (secondary N) is 1. The average Bonchev–Trinajstić information content (AvgIpc) is 2.71. The normalized spacial score (nSPS) is 12.7. The summed E-state index contributed by atoms with van der Waals surface area (Å²) in [5.41, 5.74) is 2.41. The molecule has 0 saturated carbocycles. The lowest BCUT2D eigenvalue weighted by molar-refractivity contribution is 0.598. The Labute approximate surface area is 146 Å². The van der Waals surface area contributed by atoms with Crippen LogP contribution in [0.5, 0.6) is 0 Å². The molecule has 0 saturated heterocycles. The van der Waals surface area contributed by atoms with Crippen molar-refractivity contribution in [3.8, 4) is 0 Å². The third-order valence-electron chi connectivity index (χ3n) is 3.11. The van der Waals surface area contributed by atoms with Crippen molar-refractivity contribution in [3.63, 3.8) is 0 Å². The highest BCUT2D eigenvalue weighted by Crippen LogP contribution is 2.36. The fourth-order valence-corrected chi connectivity index (χ4v) is 4.69. The van der Waals surface area contributed by atoms with Crippen molar-refractivity contribution in [1.82, 2.24) is 5.32 Å². The summed E-state index contributed by atoms with van der Waals surface area (Å²) in [6.45, 7) is 5.28. The fourth-order valence-electron chi connectivity index (χ4n) is 2.16. The van der Waals surface area contributed by atoms with Gasteiger partial charge in [0.1, 0.15) is 0 Å². The van der Waals surface area contributed by atoms with Gasteiger partial charge >= 0.3 is 0 Å². The van der Waals surface area contributed by atoms with E-state index in [9.17, 15) is 0 Å². The van der Waals surface area contributed by atoms with Crippen molar-refractivity contribution >= 4 is 54.8 Å². The second-order valence-electron chi connectivity index (χ2n) is 4.62. The molecule has 1 aromatic carbocycles. The average molecular weight is 438 g/mol. The smallest absolute Gasteiger partial charge is 0.0704 e. The SMILES string of the molecule is CCCNC(c1ccc(Br)cc1Cl)c1cc(Br)sc1C. The van der Waals surface area contributed by atoms with Crippen LogP contribution in [0.1, 0.15) is 35.4 Å². The van der Waals surface area contributed by atoms with Crippen LogP contribution in [-0.4, -0.2) is 6.54 Å². The zero-order valence-corrected chi connectivity index (χ0v) is 16.1. The van der Waals surface area contributed by atoms with E-state index in [0.29, 0.717) is 0 Å². The second kappa shape index (κ2) is 7.41. The Kier molecular flexibility index (Phi) is 6.11. The molecule has 0 aliphatic rings. The number of hydrogen-bond acceptors (Lipinski definition) is 2. The lowest BCUT2D eigenvalue weighted by Gasteiger charge is -2.20. The van der Waals surface area contributed by atoms with Gasteiger partial charge in [-0.1, -0.05) is 40.5 Å². The van der Waals surface area contributed by atoms with Gasteiger partial charge in [0.15, 0.2) is 0 Å². The molecule has 1 heterocycles. The molecule has 1 atom stereocenters. The molecular weight excluding hydrogens is 422 g/mol. The van der Waals surface area contributed by atoms with E-state index in [1.165, 1.54) is 10.4 Å². The Hall–Kier alpha value is 0.130. The van der Waals surface area contributed by atoms with Gasteiger partial charge in [0.25, 0.3) is 0 Å². The van der Waals surface area contributed by atoms with Gasteiger partial charge in [-0.15, -0.1) is 11.3 Å². The Balaban J connectivity index is 2.44. The van der Waals surface area contributed by atoms with E-state index >= 15 is 0 Å². The first-order valence-electron chi connectivity index (χ1n) is 6.47. The summed E-state index contributed by atoms with van der Waals surface area (Å²) in [7, 11) is 0. The first-order valence-corrected chi connectivity index (χ1v) is 9.25. The highest BCUT2D eigenvalue weighted by atomic mass is 79.9. The van der Waals surface area contributed by atoms with Crippen LogP contribution in [0.3, 0.4) is 0 Å². The number of rotatable bonds is 5. The van der Waals surface area contributed by atoms with Crippen LogP contribution >= 0.6 is 54.8 Å². The highest BCUT2D eigenvalue weighted by molar-refractivity contribution is 9.11. The van der Waals surface area contributed by atoms with Crippen LogP contribution in [0.15, 0.2) is 32.5 Å².